The molecule has 1 aromatic carbocycles. The van der Waals surface area contributed by atoms with Crippen molar-refractivity contribution >= 4 is 23.4 Å². The summed E-state index contributed by atoms with van der Waals surface area (Å²) in [5.74, 6) is 2.64. The van der Waals surface area contributed by atoms with Crippen molar-refractivity contribution in [3.05, 3.63) is 34.6 Å². The van der Waals surface area contributed by atoms with Gasteiger partial charge in [0.1, 0.15) is 5.82 Å². The molecule has 1 unspecified atom stereocenters. The van der Waals surface area contributed by atoms with Crippen LogP contribution in [0.15, 0.2) is 18.2 Å². The Balaban J connectivity index is 2.51. The molecule has 1 aromatic rings. The van der Waals surface area contributed by atoms with Crippen molar-refractivity contribution < 1.29 is 4.39 Å². The smallest absolute Gasteiger partial charge is 0.124 e. The third-order valence-electron chi connectivity index (χ3n) is 2.66. The number of halogens is 2. The fourth-order valence-electron chi connectivity index (χ4n) is 1.64. The zero-order valence-corrected chi connectivity index (χ0v) is 12.7. The number of likely N-dealkylation sites (N-methyl/N-ethyl adjacent to an activating group) is 1. The lowest BCUT2D eigenvalue weighted by Crippen LogP contribution is -2.30. The maximum absolute atomic E-state index is 13.0. The molecule has 0 aromatic heterocycles. The van der Waals surface area contributed by atoms with Gasteiger partial charge >= 0.3 is 0 Å². The third-order valence-corrected chi connectivity index (χ3v) is 4.55. The number of nitrogens with one attached hydrogen (secondary N) is 1. The quantitative estimate of drug-likeness (QED) is 0.814. The number of hydrogen-bond acceptors (Lipinski definition) is 2. The molecule has 0 heterocycles. The predicted molar refractivity (Wildman–Crippen MR) is 80.1 cm³/mol. The summed E-state index contributed by atoms with van der Waals surface area (Å²) < 4.78 is 13.0. The highest BCUT2D eigenvalue weighted by Crippen LogP contribution is 2.20. The Morgan fingerprint density at radius 3 is 2.61 bits per heavy atom. The van der Waals surface area contributed by atoms with Crippen LogP contribution in [0.25, 0.3) is 0 Å². The van der Waals surface area contributed by atoms with Crippen molar-refractivity contribution in [2.24, 2.45) is 5.92 Å². The molecule has 0 spiro atoms. The van der Waals surface area contributed by atoms with Gasteiger partial charge in [0, 0.05) is 16.8 Å². The van der Waals surface area contributed by atoms with Gasteiger partial charge in [-0.05, 0) is 42.8 Å². The van der Waals surface area contributed by atoms with E-state index < -0.39 is 0 Å². The summed E-state index contributed by atoms with van der Waals surface area (Å²) >= 11 is 7.98. The molecular weight excluding hydrogens is 269 g/mol. The Bertz CT molecular complexity index is 371. The highest BCUT2D eigenvalue weighted by atomic mass is 35.5. The number of hydrogen-bond donors (Lipinski definition) is 1. The van der Waals surface area contributed by atoms with Crippen LogP contribution in [0.1, 0.15) is 19.4 Å². The lowest BCUT2D eigenvalue weighted by atomic mass is 10.1. The topological polar surface area (TPSA) is 12.0 Å². The van der Waals surface area contributed by atoms with E-state index in [0.717, 1.165) is 23.5 Å². The minimum Gasteiger partial charge on any atom is -0.316 e. The second-order valence-corrected chi connectivity index (χ2v) is 6.34. The minimum absolute atomic E-state index is 0.279. The van der Waals surface area contributed by atoms with Crippen LogP contribution in [0, 0.1) is 11.7 Å². The average Bonchev–Trinajstić information content (AvgIpc) is 2.30. The maximum atomic E-state index is 13.0. The van der Waals surface area contributed by atoms with Crippen molar-refractivity contribution in [3.8, 4) is 0 Å². The molecule has 0 fully saturated rings. The van der Waals surface area contributed by atoms with Crippen LogP contribution in [0.4, 0.5) is 4.39 Å². The molecule has 0 aliphatic carbocycles. The third kappa shape index (κ3) is 5.59. The lowest BCUT2D eigenvalue weighted by Gasteiger charge is -2.17. The SMILES string of the molecule is CNC(CSCC(C)C)Cc1ccc(F)cc1Cl. The minimum atomic E-state index is -0.279. The zero-order valence-electron chi connectivity index (χ0n) is 11.2. The largest absolute Gasteiger partial charge is 0.316 e. The Morgan fingerprint density at radius 2 is 2.06 bits per heavy atom. The van der Waals surface area contributed by atoms with Crippen LogP contribution in [0.3, 0.4) is 0 Å². The average molecular weight is 290 g/mol. The molecule has 1 atom stereocenters. The van der Waals surface area contributed by atoms with E-state index in [4.69, 9.17) is 11.6 Å². The van der Waals surface area contributed by atoms with Gasteiger partial charge in [0.25, 0.3) is 0 Å². The molecule has 0 saturated carbocycles. The lowest BCUT2D eigenvalue weighted by molar-refractivity contribution is 0.609. The summed E-state index contributed by atoms with van der Waals surface area (Å²) in [4.78, 5) is 0. The Labute approximate surface area is 118 Å². The molecule has 4 heteroatoms. The van der Waals surface area contributed by atoms with E-state index in [1.807, 2.05) is 18.8 Å². The van der Waals surface area contributed by atoms with Gasteiger partial charge in [0.15, 0.2) is 0 Å². The second kappa shape index (κ2) is 8.03. The fourth-order valence-corrected chi connectivity index (χ4v) is 3.06. The fraction of sp³-hybridized carbons (Fsp3) is 0.571. The zero-order chi connectivity index (χ0) is 13.5. The van der Waals surface area contributed by atoms with Crippen LogP contribution in [-0.2, 0) is 6.42 Å². The van der Waals surface area contributed by atoms with Gasteiger partial charge in [-0.3, -0.25) is 0 Å². The van der Waals surface area contributed by atoms with Crippen LogP contribution in [0.5, 0.6) is 0 Å². The van der Waals surface area contributed by atoms with Crippen molar-refractivity contribution in [1.29, 1.82) is 0 Å². The highest BCUT2D eigenvalue weighted by molar-refractivity contribution is 7.99. The summed E-state index contributed by atoms with van der Waals surface area (Å²) in [7, 11) is 1.96. The maximum Gasteiger partial charge on any atom is 0.124 e. The molecule has 1 nitrogen and oxygen atoms in total. The van der Waals surface area contributed by atoms with Gasteiger partial charge < -0.3 is 5.32 Å². The first-order chi connectivity index (χ1) is 8.52. The van der Waals surface area contributed by atoms with Gasteiger partial charge in [0.2, 0.25) is 0 Å². The summed E-state index contributed by atoms with van der Waals surface area (Å²) in [5.41, 5.74) is 1.00. The second-order valence-electron chi connectivity index (χ2n) is 4.86. The highest BCUT2D eigenvalue weighted by Gasteiger charge is 2.11. The normalized spacial score (nSPS) is 13.0. The van der Waals surface area contributed by atoms with Crippen molar-refractivity contribution in [2.45, 2.75) is 26.3 Å². The van der Waals surface area contributed by atoms with E-state index >= 15 is 0 Å². The molecule has 1 N–H and O–H groups in total. The molecule has 0 bridgehead atoms. The Hall–Kier alpha value is -0.250. The number of rotatable bonds is 7. The summed E-state index contributed by atoms with van der Waals surface area (Å²) in [5, 5.41) is 3.81. The standard InChI is InChI=1S/C14H21ClFNS/c1-10(2)8-18-9-13(17-3)6-11-4-5-12(16)7-14(11)15/h4-5,7,10,13,17H,6,8-9H2,1-3H3. The van der Waals surface area contributed by atoms with Crippen molar-refractivity contribution in [1.82, 2.24) is 5.32 Å². The molecule has 102 valence electrons. The summed E-state index contributed by atoms with van der Waals surface area (Å²) in [6.07, 6.45) is 0.834. The van der Waals surface area contributed by atoms with Crippen molar-refractivity contribution in [2.75, 3.05) is 18.6 Å². The molecule has 0 aliphatic rings. The first kappa shape index (κ1) is 15.8. The van der Waals surface area contributed by atoms with E-state index in [9.17, 15) is 4.39 Å². The first-order valence-electron chi connectivity index (χ1n) is 6.22. The molecule has 0 saturated heterocycles. The van der Waals surface area contributed by atoms with Gasteiger partial charge in [0.05, 0.1) is 0 Å². The van der Waals surface area contributed by atoms with Crippen LogP contribution in [0.2, 0.25) is 5.02 Å². The Kier molecular flexibility index (Phi) is 7.05. The first-order valence-corrected chi connectivity index (χ1v) is 7.75. The van der Waals surface area contributed by atoms with Crippen LogP contribution >= 0.6 is 23.4 Å². The number of thioether (sulfide) groups is 1. The predicted octanol–water partition coefficient (Wildman–Crippen LogP) is 4.00. The van der Waals surface area contributed by atoms with Crippen LogP contribution < -0.4 is 5.32 Å². The Morgan fingerprint density at radius 1 is 1.33 bits per heavy atom. The van der Waals surface area contributed by atoms with Gasteiger partial charge in [-0.2, -0.15) is 11.8 Å². The van der Waals surface area contributed by atoms with E-state index in [1.54, 1.807) is 6.07 Å². The number of benzene rings is 1. The van der Waals surface area contributed by atoms with Crippen LogP contribution in [-0.4, -0.2) is 24.6 Å². The van der Waals surface area contributed by atoms with E-state index in [1.165, 1.54) is 12.1 Å². The summed E-state index contributed by atoms with van der Waals surface area (Å²) in [6.45, 7) is 4.44. The monoisotopic (exact) mass is 289 g/mol. The van der Waals surface area contributed by atoms with Crippen molar-refractivity contribution in [3.63, 3.8) is 0 Å². The molecule has 1 rings (SSSR count). The molecule has 0 aliphatic heterocycles. The van der Waals surface area contributed by atoms with Gasteiger partial charge in [-0.1, -0.05) is 31.5 Å². The molecular formula is C14H21ClFNS. The van der Waals surface area contributed by atoms with E-state index in [2.05, 4.69) is 19.2 Å². The molecule has 0 amide bonds. The molecule has 0 radical (unpaired) electrons. The van der Waals surface area contributed by atoms with E-state index in [0.29, 0.717) is 17.0 Å². The van der Waals surface area contributed by atoms with Gasteiger partial charge in [-0.15, -0.1) is 0 Å². The molecule has 18 heavy (non-hydrogen) atoms. The van der Waals surface area contributed by atoms with Gasteiger partial charge in [-0.25, -0.2) is 4.39 Å². The summed E-state index contributed by atoms with van der Waals surface area (Å²) in [6, 6.07) is 4.99. The van der Waals surface area contributed by atoms with E-state index in [-0.39, 0.29) is 5.82 Å².